The van der Waals surface area contributed by atoms with E-state index in [-0.39, 0.29) is 5.91 Å². The Hall–Kier alpha value is -3.80. The van der Waals surface area contributed by atoms with Crippen molar-refractivity contribution in [3.05, 3.63) is 78.4 Å². The Labute approximate surface area is 156 Å². The number of amides is 1. The minimum atomic E-state index is -0.237. The number of aromatic nitrogens is 2. The molecule has 6 heteroatoms. The smallest absolute Gasteiger partial charge is 0.257 e. The van der Waals surface area contributed by atoms with E-state index < -0.39 is 0 Å². The highest BCUT2D eigenvalue weighted by Gasteiger charge is 2.10. The SMILES string of the molecule is COc1ccc(C(=O)Nc2nc3cc(Nc4ccccc4)ccc3[nH]2)cc1. The molecule has 0 bridgehead atoms. The van der Waals surface area contributed by atoms with Gasteiger partial charge in [-0.3, -0.25) is 10.1 Å². The molecule has 3 aromatic carbocycles. The third-order valence-electron chi connectivity index (χ3n) is 4.13. The lowest BCUT2D eigenvalue weighted by Gasteiger charge is -2.05. The molecule has 0 saturated heterocycles. The largest absolute Gasteiger partial charge is 0.497 e. The lowest BCUT2D eigenvalue weighted by molar-refractivity contribution is 0.102. The van der Waals surface area contributed by atoms with E-state index in [0.29, 0.717) is 17.3 Å². The van der Waals surface area contributed by atoms with Crippen LogP contribution in [0, 0.1) is 0 Å². The molecule has 0 atom stereocenters. The van der Waals surface area contributed by atoms with Gasteiger partial charge in [0.25, 0.3) is 5.91 Å². The molecule has 0 aliphatic rings. The Bertz CT molecular complexity index is 1070. The summed E-state index contributed by atoms with van der Waals surface area (Å²) in [6.45, 7) is 0. The quantitative estimate of drug-likeness (QED) is 0.488. The van der Waals surface area contributed by atoms with Crippen LogP contribution in [0.5, 0.6) is 5.75 Å². The first kappa shape index (κ1) is 16.7. The fourth-order valence-electron chi connectivity index (χ4n) is 2.75. The number of nitrogens with zero attached hydrogens (tertiary/aromatic N) is 1. The van der Waals surface area contributed by atoms with Crippen molar-refractivity contribution in [2.45, 2.75) is 0 Å². The highest BCUT2D eigenvalue weighted by molar-refractivity contribution is 6.04. The molecule has 0 radical (unpaired) electrons. The van der Waals surface area contributed by atoms with Crippen LogP contribution in [-0.4, -0.2) is 23.0 Å². The summed E-state index contributed by atoms with van der Waals surface area (Å²) in [7, 11) is 1.59. The number of anilines is 3. The second kappa shape index (κ2) is 7.21. The molecule has 1 heterocycles. The molecular weight excluding hydrogens is 340 g/mol. The van der Waals surface area contributed by atoms with Crippen molar-refractivity contribution >= 4 is 34.3 Å². The van der Waals surface area contributed by atoms with Gasteiger partial charge in [0.15, 0.2) is 0 Å². The predicted octanol–water partition coefficient (Wildman–Crippen LogP) is 4.57. The molecule has 0 spiro atoms. The molecule has 0 aliphatic carbocycles. The summed E-state index contributed by atoms with van der Waals surface area (Å²) in [5, 5.41) is 6.12. The fourth-order valence-corrected chi connectivity index (χ4v) is 2.75. The first-order valence-electron chi connectivity index (χ1n) is 8.48. The number of hydrogen-bond donors (Lipinski definition) is 3. The number of benzene rings is 3. The number of fused-ring (bicyclic) bond motifs is 1. The molecular formula is C21H18N4O2. The molecule has 1 amide bonds. The van der Waals surface area contributed by atoms with Gasteiger partial charge in [-0.05, 0) is 54.6 Å². The maximum Gasteiger partial charge on any atom is 0.257 e. The van der Waals surface area contributed by atoms with E-state index in [4.69, 9.17) is 4.74 Å². The Kier molecular flexibility index (Phi) is 4.45. The normalized spacial score (nSPS) is 10.6. The number of para-hydroxylation sites is 1. The lowest BCUT2D eigenvalue weighted by atomic mass is 10.2. The van der Waals surface area contributed by atoms with E-state index in [1.54, 1.807) is 31.4 Å². The first-order valence-corrected chi connectivity index (χ1v) is 8.48. The zero-order valence-corrected chi connectivity index (χ0v) is 14.7. The third kappa shape index (κ3) is 3.74. The van der Waals surface area contributed by atoms with Crippen molar-refractivity contribution in [2.75, 3.05) is 17.7 Å². The molecule has 27 heavy (non-hydrogen) atoms. The third-order valence-corrected chi connectivity index (χ3v) is 4.13. The molecule has 0 unspecified atom stereocenters. The van der Waals surface area contributed by atoms with Crippen LogP contribution in [0.15, 0.2) is 72.8 Å². The Balaban J connectivity index is 1.51. The lowest BCUT2D eigenvalue weighted by Crippen LogP contribution is -2.12. The highest BCUT2D eigenvalue weighted by Crippen LogP contribution is 2.22. The number of nitrogens with one attached hydrogen (secondary N) is 3. The van der Waals surface area contributed by atoms with Crippen molar-refractivity contribution in [1.82, 2.24) is 9.97 Å². The number of imidazole rings is 1. The van der Waals surface area contributed by atoms with E-state index in [0.717, 1.165) is 22.4 Å². The van der Waals surface area contributed by atoms with Crippen molar-refractivity contribution in [3.63, 3.8) is 0 Å². The summed E-state index contributed by atoms with van der Waals surface area (Å²) < 4.78 is 5.10. The highest BCUT2D eigenvalue weighted by atomic mass is 16.5. The van der Waals surface area contributed by atoms with Gasteiger partial charge in [0.1, 0.15) is 5.75 Å². The van der Waals surface area contributed by atoms with E-state index in [1.807, 2.05) is 48.5 Å². The zero-order valence-electron chi connectivity index (χ0n) is 14.7. The van der Waals surface area contributed by atoms with Gasteiger partial charge < -0.3 is 15.0 Å². The fraction of sp³-hybridized carbons (Fsp3) is 0.0476. The van der Waals surface area contributed by atoms with Gasteiger partial charge in [-0.15, -0.1) is 0 Å². The van der Waals surface area contributed by atoms with Crippen LogP contribution in [0.4, 0.5) is 17.3 Å². The van der Waals surface area contributed by atoms with E-state index in [2.05, 4.69) is 20.6 Å². The molecule has 6 nitrogen and oxygen atoms in total. The summed E-state index contributed by atoms with van der Waals surface area (Å²) >= 11 is 0. The van der Waals surface area contributed by atoms with E-state index >= 15 is 0 Å². The molecule has 4 aromatic rings. The molecule has 0 saturated carbocycles. The molecule has 4 rings (SSSR count). The number of hydrogen-bond acceptors (Lipinski definition) is 4. The van der Waals surface area contributed by atoms with Crippen molar-refractivity contribution in [1.29, 1.82) is 0 Å². The number of aromatic amines is 1. The topological polar surface area (TPSA) is 79.0 Å². The Morgan fingerprint density at radius 1 is 0.963 bits per heavy atom. The minimum Gasteiger partial charge on any atom is -0.497 e. The number of rotatable bonds is 5. The van der Waals surface area contributed by atoms with E-state index in [1.165, 1.54) is 0 Å². The molecule has 0 fully saturated rings. The standard InChI is InChI=1S/C21H18N4O2/c1-27-17-10-7-14(8-11-17)20(26)25-21-23-18-12-9-16(13-19(18)24-21)22-15-5-3-2-4-6-15/h2-13,22H,1H3,(H2,23,24,25,26). The summed E-state index contributed by atoms with van der Waals surface area (Å²) in [5.41, 5.74) is 4.07. The van der Waals surface area contributed by atoms with Gasteiger partial charge in [-0.2, -0.15) is 0 Å². The monoisotopic (exact) mass is 358 g/mol. The van der Waals surface area contributed by atoms with Crippen molar-refractivity contribution in [2.24, 2.45) is 0 Å². The molecule has 3 N–H and O–H groups in total. The van der Waals surface area contributed by atoms with Gasteiger partial charge in [0.2, 0.25) is 5.95 Å². The second-order valence-electron chi connectivity index (χ2n) is 5.99. The van der Waals surface area contributed by atoms with Crippen LogP contribution in [0.3, 0.4) is 0 Å². The number of ether oxygens (including phenoxy) is 1. The number of carbonyl (C=O) groups excluding carboxylic acids is 1. The zero-order chi connectivity index (χ0) is 18.6. The van der Waals surface area contributed by atoms with Crippen LogP contribution < -0.4 is 15.4 Å². The predicted molar refractivity (Wildman–Crippen MR) is 107 cm³/mol. The second-order valence-corrected chi connectivity index (χ2v) is 5.99. The summed E-state index contributed by atoms with van der Waals surface area (Å²) in [5.74, 6) is 0.871. The van der Waals surface area contributed by atoms with Gasteiger partial charge in [-0.25, -0.2) is 4.98 Å². The first-order chi connectivity index (χ1) is 13.2. The summed E-state index contributed by atoms with van der Waals surface area (Å²) in [6.07, 6.45) is 0. The average Bonchev–Trinajstić information content (AvgIpc) is 3.10. The van der Waals surface area contributed by atoms with Gasteiger partial charge >= 0.3 is 0 Å². The van der Waals surface area contributed by atoms with Crippen molar-refractivity contribution in [3.8, 4) is 5.75 Å². The summed E-state index contributed by atoms with van der Waals surface area (Å²) in [4.78, 5) is 20.0. The Morgan fingerprint density at radius 2 is 1.74 bits per heavy atom. The van der Waals surface area contributed by atoms with Gasteiger partial charge in [0.05, 0.1) is 18.1 Å². The molecule has 0 aliphatic heterocycles. The van der Waals surface area contributed by atoms with Crippen molar-refractivity contribution < 1.29 is 9.53 Å². The number of carbonyl (C=O) groups is 1. The average molecular weight is 358 g/mol. The van der Waals surface area contributed by atoms with Crippen LogP contribution in [-0.2, 0) is 0 Å². The number of H-pyrrole nitrogens is 1. The van der Waals surface area contributed by atoms with Crippen LogP contribution in [0.25, 0.3) is 11.0 Å². The number of methoxy groups -OCH3 is 1. The van der Waals surface area contributed by atoms with Gasteiger partial charge in [0, 0.05) is 16.9 Å². The van der Waals surface area contributed by atoms with Gasteiger partial charge in [-0.1, -0.05) is 18.2 Å². The molecule has 1 aromatic heterocycles. The summed E-state index contributed by atoms with van der Waals surface area (Å²) in [6, 6.07) is 22.6. The van der Waals surface area contributed by atoms with Crippen LogP contribution >= 0.6 is 0 Å². The van der Waals surface area contributed by atoms with Crippen LogP contribution in [0.2, 0.25) is 0 Å². The van der Waals surface area contributed by atoms with E-state index in [9.17, 15) is 4.79 Å². The maximum absolute atomic E-state index is 12.4. The minimum absolute atomic E-state index is 0.237. The Morgan fingerprint density at radius 3 is 2.48 bits per heavy atom. The molecule has 134 valence electrons. The van der Waals surface area contributed by atoms with Crippen LogP contribution in [0.1, 0.15) is 10.4 Å². The maximum atomic E-state index is 12.4.